The molecule has 0 aliphatic rings. The number of carboxylic acid groups (broad SMARTS) is 1. The molecule has 0 aliphatic heterocycles. The molecule has 0 heterocycles. The van der Waals surface area contributed by atoms with Crippen molar-refractivity contribution < 1.29 is 14.7 Å². The van der Waals surface area contributed by atoms with E-state index in [1.807, 2.05) is 13.8 Å². The highest BCUT2D eigenvalue weighted by Crippen LogP contribution is 2.20. The zero-order valence-corrected chi connectivity index (χ0v) is 9.50. The monoisotopic (exact) mass is 201 g/mol. The molecule has 0 fully saturated rings. The maximum absolute atomic E-state index is 11.8. The van der Waals surface area contributed by atoms with Crippen LogP contribution in [0, 0.1) is 5.41 Å². The summed E-state index contributed by atoms with van der Waals surface area (Å²) in [6.07, 6.45) is 0.817. The fourth-order valence-electron chi connectivity index (χ4n) is 1.01. The molecule has 1 N–H and O–H groups in total. The molecule has 4 nitrogen and oxygen atoms in total. The average Bonchev–Trinajstić information content (AvgIpc) is 2.13. The van der Waals surface area contributed by atoms with Crippen LogP contribution in [0.2, 0.25) is 0 Å². The van der Waals surface area contributed by atoms with E-state index in [1.54, 1.807) is 7.05 Å². The van der Waals surface area contributed by atoms with E-state index < -0.39 is 11.4 Å². The van der Waals surface area contributed by atoms with Gasteiger partial charge in [-0.05, 0) is 27.2 Å². The summed E-state index contributed by atoms with van der Waals surface area (Å²) in [6, 6.07) is 0.0705. The predicted molar refractivity (Wildman–Crippen MR) is 53.9 cm³/mol. The van der Waals surface area contributed by atoms with Gasteiger partial charge in [0.1, 0.15) is 5.41 Å². The highest BCUT2D eigenvalue weighted by molar-refractivity contribution is 6.00. The third-order valence-electron chi connectivity index (χ3n) is 2.64. The molecular formula is C10H19NO3. The van der Waals surface area contributed by atoms with E-state index in [1.165, 1.54) is 18.7 Å². The van der Waals surface area contributed by atoms with Crippen LogP contribution >= 0.6 is 0 Å². The second kappa shape index (κ2) is 4.44. The first-order valence-corrected chi connectivity index (χ1v) is 4.75. The van der Waals surface area contributed by atoms with Crippen molar-refractivity contribution in [2.24, 2.45) is 5.41 Å². The molecule has 0 saturated heterocycles. The first-order valence-electron chi connectivity index (χ1n) is 4.75. The van der Waals surface area contributed by atoms with Gasteiger partial charge in [0.05, 0.1) is 0 Å². The average molecular weight is 201 g/mol. The standard InChI is InChI=1S/C10H19NO3/c1-6-7(2)11(5)8(12)10(3,4)9(13)14/h7H,6H2,1-5H3,(H,13,14). The van der Waals surface area contributed by atoms with Gasteiger partial charge in [0.2, 0.25) is 5.91 Å². The second-order valence-electron chi connectivity index (χ2n) is 4.10. The molecule has 0 aromatic carbocycles. The quantitative estimate of drug-likeness (QED) is 0.698. The second-order valence-corrected chi connectivity index (χ2v) is 4.10. The normalized spacial score (nSPS) is 13.5. The number of hydrogen-bond acceptors (Lipinski definition) is 2. The Balaban J connectivity index is 4.70. The van der Waals surface area contributed by atoms with Gasteiger partial charge in [0, 0.05) is 13.1 Å². The lowest BCUT2D eigenvalue weighted by atomic mass is 9.91. The molecule has 0 aliphatic carbocycles. The van der Waals surface area contributed by atoms with Crippen molar-refractivity contribution in [3.05, 3.63) is 0 Å². The molecule has 14 heavy (non-hydrogen) atoms. The summed E-state index contributed by atoms with van der Waals surface area (Å²) in [5, 5.41) is 8.87. The zero-order chi connectivity index (χ0) is 11.5. The van der Waals surface area contributed by atoms with Gasteiger partial charge in [-0.15, -0.1) is 0 Å². The highest BCUT2D eigenvalue weighted by Gasteiger charge is 2.38. The lowest BCUT2D eigenvalue weighted by Gasteiger charge is -2.30. The van der Waals surface area contributed by atoms with Crippen molar-refractivity contribution in [3.63, 3.8) is 0 Å². The van der Waals surface area contributed by atoms with E-state index in [0.29, 0.717) is 0 Å². The van der Waals surface area contributed by atoms with Gasteiger partial charge in [-0.25, -0.2) is 0 Å². The van der Waals surface area contributed by atoms with Crippen LogP contribution in [0.1, 0.15) is 34.1 Å². The molecule has 4 heteroatoms. The molecule has 0 spiro atoms. The van der Waals surface area contributed by atoms with E-state index >= 15 is 0 Å². The van der Waals surface area contributed by atoms with Crippen LogP contribution in [0.15, 0.2) is 0 Å². The van der Waals surface area contributed by atoms with Gasteiger partial charge in [-0.1, -0.05) is 6.92 Å². The lowest BCUT2D eigenvalue weighted by Crippen LogP contribution is -2.46. The molecule has 1 unspecified atom stereocenters. The molecule has 0 bridgehead atoms. The number of carbonyl (C=O) groups is 2. The van der Waals surface area contributed by atoms with Crippen molar-refractivity contribution in [1.29, 1.82) is 0 Å². The van der Waals surface area contributed by atoms with Crippen LogP contribution in [0.5, 0.6) is 0 Å². The Labute approximate surface area is 84.9 Å². The smallest absolute Gasteiger partial charge is 0.318 e. The zero-order valence-electron chi connectivity index (χ0n) is 9.50. The topological polar surface area (TPSA) is 57.6 Å². The van der Waals surface area contributed by atoms with Gasteiger partial charge < -0.3 is 10.0 Å². The molecule has 0 saturated carbocycles. The summed E-state index contributed by atoms with van der Waals surface area (Å²) in [4.78, 5) is 24.1. The Morgan fingerprint density at radius 3 is 2.14 bits per heavy atom. The van der Waals surface area contributed by atoms with Gasteiger partial charge in [0.25, 0.3) is 0 Å². The fourth-order valence-corrected chi connectivity index (χ4v) is 1.01. The van der Waals surface area contributed by atoms with E-state index in [9.17, 15) is 9.59 Å². The third-order valence-corrected chi connectivity index (χ3v) is 2.64. The van der Waals surface area contributed by atoms with Crippen molar-refractivity contribution >= 4 is 11.9 Å². The van der Waals surface area contributed by atoms with Gasteiger partial charge in [-0.2, -0.15) is 0 Å². The van der Waals surface area contributed by atoms with E-state index in [-0.39, 0.29) is 11.9 Å². The largest absolute Gasteiger partial charge is 0.480 e. The van der Waals surface area contributed by atoms with Gasteiger partial charge in [-0.3, -0.25) is 9.59 Å². The first-order chi connectivity index (χ1) is 6.25. The number of amides is 1. The summed E-state index contributed by atoms with van der Waals surface area (Å²) in [6.45, 7) is 6.71. The molecule has 82 valence electrons. The maximum Gasteiger partial charge on any atom is 0.318 e. The Kier molecular flexibility index (Phi) is 4.10. The Hall–Kier alpha value is -1.06. The Morgan fingerprint density at radius 2 is 1.86 bits per heavy atom. The first kappa shape index (κ1) is 12.9. The van der Waals surface area contributed by atoms with Gasteiger partial charge >= 0.3 is 5.97 Å². The van der Waals surface area contributed by atoms with Crippen molar-refractivity contribution in [3.8, 4) is 0 Å². The molecule has 0 rings (SSSR count). The summed E-state index contributed by atoms with van der Waals surface area (Å²) >= 11 is 0. The van der Waals surface area contributed by atoms with Crippen LogP contribution in [0.4, 0.5) is 0 Å². The fraction of sp³-hybridized carbons (Fsp3) is 0.800. The number of aliphatic carboxylic acids is 1. The van der Waals surface area contributed by atoms with Crippen molar-refractivity contribution in [1.82, 2.24) is 4.90 Å². The van der Waals surface area contributed by atoms with E-state index in [4.69, 9.17) is 5.11 Å². The van der Waals surface area contributed by atoms with Crippen LogP contribution in [-0.4, -0.2) is 35.0 Å². The number of hydrogen-bond donors (Lipinski definition) is 1. The lowest BCUT2D eigenvalue weighted by molar-refractivity contribution is -0.158. The minimum Gasteiger partial charge on any atom is -0.480 e. The maximum atomic E-state index is 11.8. The summed E-state index contributed by atoms with van der Waals surface area (Å²) in [5.74, 6) is -1.43. The van der Waals surface area contributed by atoms with Crippen LogP contribution in [0.3, 0.4) is 0 Å². The van der Waals surface area contributed by atoms with Crippen LogP contribution in [-0.2, 0) is 9.59 Å². The minimum absolute atomic E-state index is 0.0705. The number of carboxylic acids is 1. The summed E-state index contributed by atoms with van der Waals surface area (Å²) in [7, 11) is 1.64. The summed E-state index contributed by atoms with van der Waals surface area (Å²) in [5.41, 5.74) is -1.34. The van der Waals surface area contributed by atoms with E-state index in [0.717, 1.165) is 6.42 Å². The molecule has 0 aromatic rings. The van der Waals surface area contributed by atoms with Crippen LogP contribution in [0.25, 0.3) is 0 Å². The number of rotatable bonds is 4. The Morgan fingerprint density at radius 1 is 1.43 bits per heavy atom. The molecule has 1 amide bonds. The predicted octanol–water partition coefficient (Wildman–Crippen LogP) is 1.35. The molecular weight excluding hydrogens is 182 g/mol. The number of nitrogens with zero attached hydrogens (tertiary/aromatic N) is 1. The third kappa shape index (κ3) is 2.47. The minimum atomic E-state index is -1.34. The molecule has 1 atom stereocenters. The molecule has 0 aromatic heterocycles. The van der Waals surface area contributed by atoms with Crippen LogP contribution < -0.4 is 0 Å². The van der Waals surface area contributed by atoms with Gasteiger partial charge in [0.15, 0.2) is 0 Å². The number of carbonyl (C=O) groups excluding carboxylic acids is 1. The SMILES string of the molecule is CCC(C)N(C)C(=O)C(C)(C)C(=O)O. The highest BCUT2D eigenvalue weighted by atomic mass is 16.4. The molecule has 0 radical (unpaired) electrons. The van der Waals surface area contributed by atoms with Crippen molar-refractivity contribution in [2.45, 2.75) is 40.2 Å². The summed E-state index contributed by atoms with van der Waals surface area (Å²) < 4.78 is 0. The van der Waals surface area contributed by atoms with Crippen molar-refractivity contribution in [2.75, 3.05) is 7.05 Å². The van der Waals surface area contributed by atoms with E-state index in [2.05, 4.69) is 0 Å². The Bertz CT molecular complexity index is 236.